The lowest BCUT2D eigenvalue weighted by atomic mass is 10.1. The average molecular weight is 492 g/mol. The molecule has 11 heteroatoms. The fraction of sp³-hybridized carbons (Fsp3) is 0.360. The SMILES string of the molecule is NC(=O)CCCN(Cc1ccc2ccccc2c1)C[C@H]1O[C@@H](n2cnc3c(N)ncnc32)[C@H](O)[C@@H]1O. The van der Waals surface area contributed by atoms with Crippen molar-refractivity contribution in [3.8, 4) is 0 Å². The molecule has 0 saturated carbocycles. The number of fused-ring (bicyclic) bond motifs is 2. The van der Waals surface area contributed by atoms with Crippen LogP contribution < -0.4 is 11.5 Å². The number of aromatic nitrogens is 4. The number of carbonyl (C=O) groups excluding carboxylic acids is 1. The van der Waals surface area contributed by atoms with Crippen molar-refractivity contribution in [1.82, 2.24) is 24.4 Å². The molecule has 2 aromatic heterocycles. The van der Waals surface area contributed by atoms with E-state index in [1.807, 2.05) is 12.1 Å². The molecule has 1 aliphatic heterocycles. The number of carbonyl (C=O) groups is 1. The third-order valence-corrected chi connectivity index (χ3v) is 6.55. The predicted molar refractivity (Wildman–Crippen MR) is 133 cm³/mol. The van der Waals surface area contributed by atoms with Crippen molar-refractivity contribution in [3.05, 3.63) is 60.7 Å². The van der Waals surface area contributed by atoms with Crippen molar-refractivity contribution in [2.24, 2.45) is 5.73 Å². The monoisotopic (exact) mass is 491 g/mol. The number of nitrogens with two attached hydrogens (primary N) is 2. The molecule has 1 fully saturated rings. The van der Waals surface area contributed by atoms with Crippen LogP contribution in [0, 0.1) is 0 Å². The summed E-state index contributed by atoms with van der Waals surface area (Å²) in [7, 11) is 0. The molecule has 1 aliphatic rings. The van der Waals surface area contributed by atoms with Gasteiger partial charge in [-0.3, -0.25) is 14.3 Å². The molecule has 0 radical (unpaired) electrons. The van der Waals surface area contributed by atoms with Crippen LogP contribution in [0.25, 0.3) is 21.9 Å². The molecule has 188 valence electrons. The molecule has 0 aliphatic carbocycles. The molecule has 4 aromatic rings. The first kappa shape index (κ1) is 24.1. The minimum atomic E-state index is -1.20. The van der Waals surface area contributed by atoms with E-state index >= 15 is 0 Å². The molecule has 1 amide bonds. The number of hydrogen-bond donors (Lipinski definition) is 4. The van der Waals surface area contributed by atoms with E-state index in [1.165, 1.54) is 12.7 Å². The summed E-state index contributed by atoms with van der Waals surface area (Å²) in [4.78, 5) is 25.8. The quantitative estimate of drug-likeness (QED) is 0.267. The number of aliphatic hydroxyl groups is 2. The van der Waals surface area contributed by atoms with E-state index in [2.05, 4.69) is 50.2 Å². The molecule has 4 atom stereocenters. The van der Waals surface area contributed by atoms with Gasteiger partial charge in [-0.2, -0.15) is 0 Å². The van der Waals surface area contributed by atoms with Crippen LogP contribution in [0.2, 0.25) is 0 Å². The number of imidazole rings is 1. The molecular weight excluding hydrogens is 462 g/mol. The maximum atomic E-state index is 11.3. The van der Waals surface area contributed by atoms with Crippen molar-refractivity contribution < 1.29 is 19.7 Å². The van der Waals surface area contributed by atoms with Gasteiger partial charge in [0.25, 0.3) is 0 Å². The van der Waals surface area contributed by atoms with Gasteiger partial charge >= 0.3 is 0 Å². The summed E-state index contributed by atoms with van der Waals surface area (Å²) >= 11 is 0. The van der Waals surface area contributed by atoms with Crippen LogP contribution in [0.5, 0.6) is 0 Å². The van der Waals surface area contributed by atoms with Gasteiger partial charge in [-0.15, -0.1) is 0 Å². The van der Waals surface area contributed by atoms with Gasteiger partial charge in [0, 0.05) is 19.5 Å². The number of amides is 1. The number of hydrogen-bond acceptors (Lipinski definition) is 9. The highest BCUT2D eigenvalue weighted by atomic mass is 16.6. The minimum Gasteiger partial charge on any atom is -0.387 e. The van der Waals surface area contributed by atoms with Gasteiger partial charge in [0.15, 0.2) is 17.7 Å². The number of anilines is 1. The second kappa shape index (κ2) is 10.2. The highest BCUT2D eigenvalue weighted by Gasteiger charge is 2.44. The lowest BCUT2D eigenvalue weighted by Gasteiger charge is -2.27. The van der Waals surface area contributed by atoms with E-state index in [0.717, 1.165) is 16.3 Å². The number of ether oxygens (including phenoxy) is 1. The van der Waals surface area contributed by atoms with Gasteiger partial charge in [-0.05, 0) is 35.4 Å². The van der Waals surface area contributed by atoms with Gasteiger partial charge in [0.05, 0.1) is 6.33 Å². The van der Waals surface area contributed by atoms with Crippen molar-refractivity contribution in [3.63, 3.8) is 0 Å². The van der Waals surface area contributed by atoms with Gasteiger partial charge in [-0.1, -0.05) is 36.4 Å². The number of primary amides is 1. The molecule has 3 heterocycles. The van der Waals surface area contributed by atoms with E-state index in [0.29, 0.717) is 37.2 Å². The molecule has 5 rings (SSSR count). The Hall–Kier alpha value is -3.64. The maximum Gasteiger partial charge on any atom is 0.217 e. The molecule has 1 saturated heterocycles. The zero-order valence-electron chi connectivity index (χ0n) is 19.6. The number of aliphatic hydroxyl groups excluding tert-OH is 2. The van der Waals surface area contributed by atoms with Crippen LogP contribution in [0.15, 0.2) is 55.1 Å². The Balaban J connectivity index is 1.35. The van der Waals surface area contributed by atoms with Crippen molar-refractivity contribution in [2.45, 2.75) is 43.9 Å². The zero-order valence-corrected chi connectivity index (χ0v) is 19.6. The number of nitrogens with zero attached hydrogens (tertiary/aromatic N) is 5. The average Bonchev–Trinajstić information content (AvgIpc) is 3.41. The summed E-state index contributed by atoms with van der Waals surface area (Å²) in [5.41, 5.74) is 13.1. The maximum absolute atomic E-state index is 11.3. The summed E-state index contributed by atoms with van der Waals surface area (Å²) in [5.74, 6) is -0.138. The molecule has 0 unspecified atom stereocenters. The summed E-state index contributed by atoms with van der Waals surface area (Å²) in [6, 6.07) is 14.4. The lowest BCUT2D eigenvalue weighted by Crippen LogP contribution is -2.40. The molecule has 0 bridgehead atoms. The van der Waals surface area contributed by atoms with Crippen molar-refractivity contribution >= 4 is 33.7 Å². The first-order valence-corrected chi connectivity index (χ1v) is 11.8. The highest BCUT2D eigenvalue weighted by molar-refractivity contribution is 5.83. The van der Waals surface area contributed by atoms with Gasteiger partial charge in [0.1, 0.15) is 30.2 Å². The fourth-order valence-electron chi connectivity index (χ4n) is 4.73. The fourth-order valence-corrected chi connectivity index (χ4v) is 4.73. The van der Waals surface area contributed by atoms with E-state index in [9.17, 15) is 15.0 Å². The van der Waals surface area contributed by atoms with E-state index in [1.54, 1.807) is 4.57 Å². The van der Waals surface area contributed by atoms with Crippen LogP contribution >= 0.6 is 0 Å². The normalized spacial score (nSPS) is 22.1. The summed E-state index contributed by atoms with van der Waals surface area (Å²) in [6.45, 7) is 1.49. The Labute approximate surface area is 207 Å². The van der Waals surface area contributed by atoms with Gasteiger partial charge in [-0.25, -0.2) is 15.0 Å². The Morgan fingerprint density at radius 3 is 2.69 bits per heavy atom. The summed E-state index contributed by atoms with van der Waals surface area (Å²) in [5, 5.41) is 24.0. The van der Waals surface area contributed by atoms with Gasteiger partial charge in [0.2, 0.25) is 5.91 Å². The first-order chi connectivity index (χ1) is 17.4. The highest BCUT2D eigenvalue weighted by Crippen LogP contribution is 2.32. The number of nitrogen functional groups attached to an aromatic ring is 1. The van der Waals surface area contributed by atoms with Crippen LogP contribution in [-0.2, 0) is 16.1 Å². The van der Waals surface area contributed by atoms with E-state index in [-0.39, 0.29) is 18.1 Å². The first-order valence-electron chi connectivity index (χ1n) is 11.8. The second-order valence-corrected chi connectivity index (χ2v) is 9.12. The topological polar surface area (TPSA) is 166 Å². The lowest BCUT2D eigenvalue weighted by molar-refractivity contribution is -0.118. The third-order valence-electron chi connectivity index (χ3n) is 6.55. The second-order valence-electron chi connectivity index (χ2n) is 9.12. The molecule has 36 heavy (non-hydrogen) atoms. The minimum absolute atomic E-state index is 0.222. The molecule has 11 nitrogen and oxygen atoms in total. The van der Waals surface area contributed by atoms with E-state index in [4.69, 9.17) is 16.2 Å². The van der Waals surface area contributed by atoms with Crippen molar-refractivity contribution in [2.75, 3.05) is 18.8 Å². The van der Waals surface area contributed by atoms with Crippen LogP contribution in [0.3, 0.4) is 0 Å². The number of rotatable bonds is 9. The Morgan fingerprint density at radius 2 is 1.89 bits per heavy atom. The molecule has 2 aromatic carbocycles. The predicted octanol–water partition coefficient (Wildman–Crippen LogP) is 0.949. The molecule has 0 spiro atoms. The van der Waals surface area contributed by atoms with Crippen LogP contribution in [0.1, 0.15) is 24.6 Å². The smallest absolute Gasteiger partial charge is 0.217 e. The summed E-state index contributed by atoms with van der Waals surface area (Å²) < 4.78 is 7.69. The van der Waals surface area contributed by atoms with Crippen LogP contribution in [-0.4, -0.2) is 71.9 Å². The Kier molecular flexibility index (Phi) is 6.79. The van der Waals surface area contributed by atoms with Gasteiger partial charge < -0.3 is 26.4 Å². The van der Waals surface area contributed by atoms with Crippen molar-refractivity contribution in [1.29, 1.82) is 0 Å². The standard InChI is InChI=1S/C25H29N7O4/c26-19(33)6-3-9-31(11-15-7-8-16-4-1-2-5-17(16)10-15)12-18-21(34)22(35)25(36-18)32-14-30-20-23(27)28-13-29-24(20)32/h1-2,4-5,7-8,10,13-14,18,21-22,25,34-35H,3,6,9,11-12H2,(H2,26,33)(H2,27,28,29)/t18-,21-,22-,25-/m1/s1. The Bertz CT molecular complexity index is 1380. The largest absolute Gasteiger partial charge is 0.387 e. The summed E-state index contributed by atoms with van der Waals surface area (Å²) in [6.07, 6.45) is -0.296. The van der Waals surface area contributed by atoms with Crippen LogP contribution in [0.4, 0.5) is 5.82 Å². The van der Waals surface area contributed by atoms with E-state index < -0.39 is 24.5 Å². The molecular formula is C25H29N7O4. The number of benzene rings is 2. The third kappa shape index (κ3) is 4.86. The molecule has 6 N–H and O–H groups in total. The Morgan fingerprint density at radius 1 is 1.08 bits per heavy atom. The zero-order chi connectivity index (χ0) is 25.2.